The van der Waals surface area contributed by atoms with E-state index in [1.807, 2.05) is 0 Å². The minimum Gasteiger partial charge on any atom is -0.396 e. The quantitative estimate of drug-likeness (QED) is 0.818. The Morgan fingerprint density at radius 3 is 2.47 bits per heavy atom. The summed E-state index contributed by atoms with van der Waals surface area (Å²) in [5, 5.41) is 9.80. The first-order valence-electron chi connectivity index (χ1n) is 7.52. The van der Waals surface area contributed by atoms with Gasteiger partial charge in [0.1, 0.15) is 0 Å². The van der Waals surface area contributed by atoms with Gasteiger partial charge in [-0.3, -0.25) is 4.90 Å². The fraction of sp³-hybridized carbons (Fsp3) is 1.00. The third-order valence-electron chi connectivity index (χ3n) is 5.29. The lowest BCUT2D eigenvalue weighted by molar-refractivity contribution is 0.00521. The number of hydrogen-bond donors (Lipinski definition) is 1. The summed E-state index contributed by atoms with van der Waals surface area (Å²) >= 11 is 0. The Balaban J connectivity index is 1.97. The van der Waals surface area contributed by atoms with Crippen molar-refractivity contribution in [2.24, 2.45) is 11.3 Å². The lowest BCUT2D eigenvalue weighted by Gasteiger charge is -2.45. The summed E-state index contributed by atoms with van der Waals surface area (Å²) in [6, 6.07) is 0.703. The molecule has 0 aromatic rings. The summed E-state index contributed by atoms with van der Waals surface area (Å²) in [5.74, 6) is 0.822. The van der Waals surface area contributed by atoms with Gasteiger partial charge in [-0.25, -0.2) is 0 Å². The predicted octanol–water partition coefficient (Wildman–Crippen LogP) is 3.05. The van der Waals surface area contributed by atoms with Crippen LogP contribution < -0.4 is 0 Å². The maximum atomic E-state index is 9.80. The fourth-order valence-electron chi connectivity index (χ4n) is 3.74. The van der Waals surface area contributed by atoms with E-state index in [9.17, 15) is 5.11 Å². The number of piperidine rings is 1. The monoisotopic (exact) mass is 239 g/mol. The van der Waals surface area contributed by atoms with Crippen LogP contribution in [-0.4, -0.2) is 35.7 Å². The maximum absolute atomic E-state index is 9.80. The molecule has 1 aliphatic heterocycles. The van der Waals surface area contributed by atoms with Gasteiger partial charge in [-0.05, 0) is 45.1 Å². The molecule has 0 spiro atoms. The molecule has 100 valence electrons. The lowest BCUT2D eigenvalue weighted by Crippen LogP contribution is -2.49. The van der Waals surface area contributed by atoms with Crippen molar-refractivity contribution in [1.82, 2.24) is 4.90 Å². The van der Waals surface area contributed by atoms with Gasteiger partial charge in [-0.15, -0.1) is 0 Å². The molecule has 1 saturated carbocycles. The highest BCUT2D eigenvalue weighted by Gasteiger charge is 2.36. The highest BCUT2D eigenvalue weighted by molar-refractivity contribution is 4.89. The van der Waals surface area contributed by atoms with Gasteiger partial charge in [0, 0.05) is 24.6 Å². The second kappa shape index (κ2) is 5.71. The van der Waals surface area contributed by atoms with Crippen LogP contribution in [0.2, 0.25) is 0 Å². The Hall–Kier alpha value is -0.0800. The van der Waals surface area contributed by atoms with Crippen LogP contribution >= 0.6 is 0 Å². The minimum absolute atomic E-state index is 0.226. The van der Waals surface area contributed by atoms with Gasteiger partial charge in [0.25, 0.3) is 0 Å². The zero-order valence-corrected chi connectivity index (χ0v) is 11.6. The first-order valence-corrected chi connectivity index (χ1v) is 7.52. The smallest absolute Gasteiger partial charge is 0.0499 e. The van der Waals surface area contributed by atoms with Crippen molar-refractivity contribution in [3.8, 4) is 0 Å². The molecule has 1 aliphatic carbocycles. The summed E-state index contributed by atoms with van der Waals surface area (Å²) < 4.78 is 0. The van der Waals surface area contributed by atoms with Gasteiger partial charge < -0.3 is 5.11 Å². The number of likely N-dealkylation sites (tertiary alicyclic amines) is 1. The molecule has 1 saturated heterocycles. The van der Waals surface area contributed by atoms with Crippen molar-refractivity contribution < 1.29 is 5.11 Å². The third-order valence-corrected chi connectivity index (χ3v) is 5.29. The molecule has 0 amide bonds. The van der Waals surface area contributed by atoms with Gasteiger partial charge in [0.15, 0.2) is 0 Å². The maximum Gasteiger partial charge on any atom is 0.0499 e. The van der Waals surface area contributed by atoms with E-state index in [0.29, 0.717) is 12.6 Å². The molecule has 2 rings (SSSR count). The molecule has 0 radical (unpaired) electrons. The van der Waals surface area contributed by atoms with Crippen LogP contribution in [0.15, 0.2) is 0 Å². The molecule has 2 aliphatic rings. The van der Waals surface area contributed by atoms with Crippen molar-refractivity contribution in [2.75, 3.05) is 19.7 Å². The number of nitrogens with zero attached hydrogens (tertiary/aromatic N) is 1. The van der Waals surface area contributed by atoms with Crippen LogP contribution in [0.4, 0.5) is 0 Å². The molecule has 0 bridgehead atoms. The summed E-state index contributed by atoms with van der Waals surface area (Å²) in [7, 11) is 0. The summed E-state index contributed by atoms with van der Waals surface area (Å²) in [5.41, 5.74) is 0.226. The largest absolute Gasteiger partial charge is 0.396 e. The first kappa shape index (κ1) is 13.4. The number of rotatable bonds is 3. The molecule has 1 N–H and O–H groups in total. The van der Waals surface area contributed by atoms with Crippen molar-refractivity contribution >= 4 is 0 Å². The van der Waals surface area contributed by atoms with Gasteiger partial charge in [-0.2, -0.15) is 0 Å². The van der Waals surface area contributed by atoms with Crippen LogP contribution in [0.1, 0.15) is 58.8 Å². The van der Waals surface area contributed by atoms with E-state index >= 15 is 0 Å². The van der Waals surface area contributed by atoms with E-state index in [4.69, 9.17) is 0 Å². The Morgan fingerprint density at radius 1 is 1.12 bits per heavy atom. The van der Waals surface area contributed by atoms with E-state index in [-0.39, 0.29) is 5.41 Å². The van der Waals surface area contributed by atoms with E-state index in [1.165, 1.54) is 51.5 Å². The minimum atomic E-state index is 0.226. The van der Waals surface area contributed by atoms with Crippen LogP contribution in [0.25, 0.3) is 0 Å². The molecule has 2 unspecified atom stereocenters. The molecule has 0 aromatic heterocycles. The van der Waals surface area contributed by atoms with Crippen molar-refractivity contribution in [3.05, 3.63) is 0 Å². The SMILES string of the molecule is CC1CCCN(CC2(CO)CCCCC2)C1C. The molecule has 1 heterocycles. The molecular formula is C15H29NO. The zero-order chi connectivity index (χ0) is 12.3. The molecule has 17 heavy (non-hydrogen) atoms. The van der Waals surface area contributed by atoms with Gasteiger partial charge in [-0.1, -0.05) is 26.2 Å². The van der Waals surface area contributed by atoms with Crippen molar-refractivity contribution in [3.63, 3.8) is 0 Å². The zero-order valence-electron chi connectivity index (χ0n) is 11.6. The average Bonchev–Trinajstić information content (AvgIpc) is 2.36. The molecule has 0 aromatic carbocycles. The van der Waals surface area contributed by atoms with E-state index in [1.54, 1.807) is 0 Å². The first-order chi connectivity index (χ1) is 8.17. The van der Waals surface area contributed by atoms with E-state index in [0.717, 1.165) is 12.5 Å². The number of aliphatic hydroxyl groups excluding tert-OH is 1. The normalized spacial score (nSPS) is 34.8. The standard InChI is InChI=1S/C15H29NO/c1-13-7-6-10-16(14(13)2)11-15(12-17)8-4-3-5-9-15/h13-14,17H,3-12H2,1-2H3. The summed E-state index contributed by atoms with van der Waals surface area (Å²) in [6.07, 6.45) is 9.20. The van der Waals surface area contributed by atoms with Crippen molar-refractivity contribution in [1.29, 1.82) is 0 Å². The van der Waals surface area contributed by atoms with Gasteiger partial charge >= 0.3 is 0 Å². The molecule has 2 fully saturated rings. The lowest BCUT2D eigenvalue weighted by atomic mass is 9.73. The summed E-state index contributed by atoms with van der Waals surface area (Å²) in [6.45, 7) is 7.52. The Labute approximate surface area is 106 Å². The molecule has 2 atom stereocenters. The molecule has 2 heteroatoms. The van der Waals surface area contributed by atoms with Crippen LogP contribution in [0.3, 0.4) is 0 Å². The topological polar surface area (TPSA) is 23.5 Å². The Morgan fingerprint density at radius 2 is 1.82 bits per heavy atom. The molecule has 2 nitrogen and oxygen atoms in total. The Bertz CT molecular complexity index is 235. The van der Waals surface area contributed by atoms with Crippen LogP contribution in [0.5, 0.6) is 0 Å². The number of hydrogen-bond acceptors (Lipinski definition) is 2. The van der Waals surface area contributed by atoms with Gasteiger partial charge in [0.05, 0.1) is 0 Å². The van der Waals surface area contributed by atoms with Crippen LogP contribution in [0, 0.1) is 11.3 Å². The highest BCUT2D eigenvalue weighted by atomic mass is 16.3. The van der Waals surface area contributed by atoms with Gasteiger partial charge in [0.2, 0.25) is 0 Å². The van der Waals surface area contributed by atoms with Crippen LogP contribution in [-0.2, 0) is 0 Å². The second-order valence-electron chi connectivity index (χ2n) is 6.55. The average molecular weight is 239 g/mol. The van der Waals surface area contributed by atoms with Crippen molar-refractivity contribution in [2.45, 2.75) is 64.8 Å². The van der Waals surface area contributed by atoms with E-state index < -0.39 is 0 Å². The Kier molecular flexibility index (Phi) is 4.48. The highest BCUT2D eigenvalue weighted by Crippen LogP contribution is 2.38. The summed E-state index contributed by atoms with van der Waals surface area (Å²) in [4.78, 5) is 2.65. The predicted molar refractivity (Wildman–Crippen MR) is 72.0 cm³/mol. The second-order valence-corrected chi connectivity index (χ2v) is 6.55. The fourth-order valence-corrected chi connectivity index (χ4v) is 3.74. The number of aliphatic hydroxyl groups is 1. The molecular weight excluding hydrogens is 210 g/mol. The van der Waals surface area contributed by atoms with E-state index in [2.05, 4.69) is 18.7 Å². The third kappa shape index (κ3) is 3.03.